The molecule has 1 aliphatic carbocycles. The molecule has 0 amide bonds. The maximum Gasteiger partial charge on any atom is 0.317 e. The fourth-order valence-electron chi connectivity index (χ4n) is 1.65. The summed E-state index contributed by atoms with van der Waals surface area (Å²) in [6.07, 6.45) is -11.8. The van der Waals surface area contributed by atoms with Gasteiger partial charge in [-0.3, -0.25) is 9.59 Å². The summed E-state index contributed by atoms with van der Waals surface area (Å²) >= 11 is 0. The number of hydrogen-bond donors (Lipinski definition) is 6. The second-order valence-electron chi connectivity index (χ2n) is 3.98. The van der Waals surface area contributed by atoms with Crippen LogP contribution in [0, 0.1) is 0 Å². The average molecular weight is 266 g/mol. The summed E-state index contributed by atoms with van der Waals surface area (Å²) < 4.78 is 4.46. The number of hydrogen-bond acceptors (Lipinski definition) is 8. The van der Waals surface area contributed by atoms with Gasteiger partial charge in [0, 0.05) is 0 Å². The molecule has 0 heterocycles. The molecule has 0 radical (unpaired) electrons. The van der Waals surface area contributed by atoms with E-state index in [4.69, 9.17) is 5.11 Å². The first-order chi connectivity index (χ1) is 8.25. The summed E-state index contributed by atoms with van der Waals surface area (Å²) in [7, 11) is 0. The number of aliphatic carboxylic acids is 1. The first kappa shape index (κ1) is 14.8. The van der Waals surface area contributed by atoms with E-state index in [1.807, 2.05) is 0 Å². The third-order valence-electron chi connectivity index (χ3n) is 2.64. The average Bonchev–Trinajstić information content (AvgIpc) is 2.29. The van der Waals surface area contributed by atoms with Crippen LogP contribution in [-0.2, 0) is 14.3 Å². The highest BCUT2D eigenvalue weighted by Gasteiger charge is 2.50. The Hall–Kier alpha value is -1.26. The van der Waals surface area contributed by atoms with Gasteiger partial charge < -0.3 is 35.4 Å². The Bertz CT molecular complexity index is 314. The van der Waals surface area contributed by atoms with Crippen molar-refractivity contribution in [2.24, 2.45) is 0 Å². The van der Waals surface area contributed by atoms with Crippen LogP contribution in [0.2, 0.25) is 0 Å². The fraction of sp³-hybridized carbons (Fsp3) is 0.778. The second kappa shape index (κ2) is 5.59. The van der Waals surface area contributed by atoms with Crippen LogP contribution in [0.3, 0.4) is 0 Å². The minimum absolute atomic E-state index is 0.995. The third-order valence-corrected chi connectivity index (χ3v) is 2.64. The SMILES string of the molecule is O=C(O)CC(=O)O[C@@H]1[C@@H](O)[C@H](O)[C@@H](O)[C@H](O)[C@@H]1O. The molecule has 6 N–H and O–H groups in total. The summed E-state index contributed by atoms with van der Waals surface area (Å²) in [4.78, 5) is 21.3. The third kappa shape index (κ3) is 2.94. The lowest BCUT2D eigenvalue weighted by Crippen LogP contribution is -2.64. The molecule has 0 bridgehead atoms. The van der Waals surface area contributed by atoms with Gasteiger partial charge >= 0.3 is 11.9 Å². The molecular weight excluding hydrogens is 252 g/mol. The standard InChI is InChI=1S/C9H14O9/c10-2(11)1-3(12)18-9-7(16)5(14)4(13)6(15)8(9)17/h4-9,13-17H,1H2,(H,10,11)/t4-,5-,6+,7-,8-,9-/m0/s1. The first-order valence-corrected chi connectivity index (χ1v) is 5.07. The van der Waals surface area contributed by atoms with Crippen molar-refractivity contribution in [3.05, 3.63) is 0 Å². The second-order valence-corrected chi connectivity index (χ2v) is 3.98. The molecule has 1 saturated carbocycles. The van der Waals surface area contributed by atoms with Crippen LogP contribution in [0.1, 0.15) is 6.42 Å². The molecule has 0 spiro atoms. The molecular formula is C9H14O9. The summed E-state index contributed by atoms with van der Waals surface area (Å²) in [5.41, 5.74) is 0. The maximum absolute atomic E-state index is 11.1. The molecule has 0 aliphatic heterocycles. The van der Waals surface area contributed by atoms with Gasteiger partial charge in [0.05, 0.1) is 0 Å². The van der Waals surface area contributed by atoms with E-state index in [1.165, 1.54) is 0 Å². The van der Waals surface area contributed by atoms with Crippen LogP contribution in [0.5, 0.6) is 0 Å². The van der Waals surface area contributed by atoms with E-state index < -0.39 is 55.0 Å². The lowest BCUT2D eigenvalue weighted by Gasteiger charge is -2.40. The minimum atomic E-state index is -1.84. The van der Waals surface area contributed by atoms with Crippen molar-refractivity contribution in [2.75, 3.05) is 0 Å². The molecule has 1 fully saturated rings. The summed E-state index contributed by atoms with van der Waals surface area (Å²) in [6.45, 7) is 0. The van der Waals surface area contributed by atoms with Crippen molar-refractivity contribution in [3.8, 4) is 0 Å². The van der Waals surface area contributed by atoms with Gasteiger partial charge in [0.25, 0.3) is 0 Å². The predicted molar refractivity (Wildman–Crippen MR) is 52.2 cm³/mol. The normalized spacial score (nSPS) is 40.3. The molecule has 1 aliphatic rings. The quantitative estimate of drug-likeness (QED) is 0.222. The Balaban J connectivity index is 2.74. The van der Waals surface area contributed by atoms with Gasteiger partial charge in [0.2, 0.25) is 0 Å². The lowest BCUT2D eigenvalue weighted by molar-refractivity contribution is -0.233. The number of aliphatic hydroxyl groups excluding tert-OH is 5. The molecule has 0 saturated heterocycles. The molecule has 6 atom stereocenters. The van der Waals surface area contributed by atoms with E-state index in [-0.39, 0.29) is 0 Å². The number of carbonyl (C=O) groups excluding carboxylic acids is 1. The fourth-order valence-corrected chi connectivity index (χ4v) is 1.65. The van der Waals surface area contributed by atoms with E-state index >= 15 is 0 Å². The highest BCUT2D eigenvalue weighted by molar-refractivity contribution is 5.90. The first-order valence-electron chi connectivity index (χ1n) is 5.07. The number of aliphatic hydroxyl groups is 5. The van der Waals surface area contributed by atoms with Crippen molar-refractivity contribution in [1.82, 2.24) is 0 Å². The molecule has 18 heavy (non-hydrogen) atoms. The van der Waals surface area contributed by atoms with Crippen molar-refractivity contribution < 1.29 is 45.0 Å². The van der Waals surface area contributed by atoms with Gasteiger partial charge in [-0.25, -0.2) is 0 Å². The zero-order valence-corrected chi connectivity index (χ0v) is 9.08. The van der Waals surface area contributed by atoms with Crippen molar-refractivity contribution in [1.29, 1.82) is 0 Å². The molecule has 0 aromatic heterocycles. The Labute approximate surface area is 101 Å². The summed E-state index contributed by atoms with van der Waals surface area (Å²) in [5, 5.41) is 55.1. The minimum Gasteiger partial charge on any atom is -0.481 e. The number of carboxylic acid groups (broad SMARTS) is 1. The van der Waals surface area contributed by atoms with Crippen LogP contribution in [-0.4, -0.2) is 79.2 Å². The molecule has 9 nitrogen and oxygen atoms in total. The zero-order chi connectivity index (χ0) is 14.0. The summed E-state index contributed by atoms with van der Waals surface area (Å²) in [6, 6.07) is 0. The summed E-state index contributed by atoms with van der Waals surface area (Å²) in [5.74, 6) is -2.72. The van der Waals surface area contributed by atoms with E-state index in [2.05, 4.69) is 4.74 Å². The van der Waals surface area contributed by atoms with Crippen molar-refractivity contribution in [3.63, 3.8) is 0 Å². The van der Waals surface area contributed by atoms with Crippen LogP contribution >= 0.6 is 0 Å². The highest BCUT2D eigenvalue weighted by atomic mass is 16.6. The van der Waals surface area contributed by atoms with Gasteiger partial charge in [-0.05, 0) is 0 Å². The number of rotatable bonds is 3. The smallest absolute Gasteiger partial charge is 0.317 e. The zero-order valence-electron chi connectivity index (χ0n) is 9.08. The highest BCUT2D eigenvalue weighted by Crippen LogP contribution is 2.24. The van der Waals surface area contributed by atoms with Crippen LogP contribution in [0.4, 0.5) is 0 Å². The molecule has 0 unspecified atom stereocenters. The predicted octanol–water partition coefficient (Wildman–Crippen LogP) is -3.81. The van der Waals surface area contributed by atoms with E-state index in [9.17, 15) is 35.1 Å². The van der Waals surface area contributed by atoms with E-state index in [0.717, 1.165) is 0 Å². The maximum atomic E-state index is 11.1. The number of ether oxygens (including phenoxy) is 1. The van der Waals surface area contributed by atoms with Gasteiger partial charge in [-0.1, -0.05) is 0 Å². The van der Waals surface area contributed by atoms with E-state index in [0.29, 0.717) is 0 Å². The monoisotopic (exact) mass is 266 g/mol. The van der Waals surface area contributed by atoms with Crippen LogP contribution < -0.4 is 0 Å². The Morgan fingerprint density at radius 3 is 1.61 bits per heavy atom. The number of esters is 1. The molecule has 0 aromatic rings. The lowest BCUT2D eigenvalue weighted by atomic mass is 9.85. The Kier molecular flexibility index (Phi) is 4.59. The van der Waals surface area contributed by atoms with Gasteiger partial charge in [0.1, 0.15) is 36.9 Å². The van der Waals surface area contributed by atoms with Gasteiger partial charge in [-0.2, -0.15) is 0 Å². The largest absolute Gasteiger partial charge is 0.481 e. The van der Waals surface area contributed by atoms with Crippen LogP contribution in [0.15, 0.2) is 0 Å². The number of carboxylic acids is 1. The number of carbonyl (C=O) groups is 2. The van der Waals surface area contributed by atoms with Gasteiger partial charge in [0.15, 0.2) is 6.10 Å². The molecule has 0 aromatic carbocycles. The van der Waals surface area contributed by atoms with Gasteiger partial charge in [-0.15, -0.1) is 0 Å². The molecule has 9 heteroatoms. The van der Waals surface area contributed by atoms with E-state index in [1.54, 1.807) is 0 Å². The van der Waals surface area contributed by atoms with Crippen LogP contribution in [0.25, 0.3) is 0 Å². The molecule has 1 rings (SSSR count). The Morgan fingerprint density at radius 1 is 0.833 bits per heavy atom. The Morgan fingerprint density at radius 2 is 1.22 bits per heavy atom. The van der Waals surface area contributed by atoms with Crippen molar-refractivity contribution in [2.45, 2.75) is 43.0 Å². The van der Waals surface area contributed by atoms with Crippen molar-refractivity contribution >= 4 is 11.9 Å². The topological polar surface area (TPSA) is 165 Å². The molecule has 104 valence electrons.